The van der Waals surface area contributed by atoms with Gasteiger partial charge in [-0.05, 0) is 6.42 Å². The molecule has 0 aromatic rings. The van der Waals surface area contributed by atoms with E-state index in [4.69, 9.17) is 18.9 Å². The van der Waals surface area contributed by atoms with Gasteiger partial charge in [0.15, 0.2) is 0 Å². The van der Waals surface area contributed by atoms with Crippen molar-refractivity contribution < 1.29 is 23.7 Å². The number of ether oxygens (including phenoxy) is 4. The first kappa shape index (κ1) is 18.3. The monoisotopic (exact) mass is 277 g/mol. The highest BCUT2D eigenvalue weighted by atomic mass is 16.6. The molecule has 6 heteroatoms. The van der Waals surface area contributed by atoms with Crippen LogP contribution in [0.5, 0.6) is 0 Å². The Kier molecular flexibility index (Phi) is 13.2. The number of carbonyl (C=O) groups excluding carboxylic acids is 1. The van der Waals surface area contributed by atoms with Crippen LogP contribution in [-0.2, 0) is 23.7 Å². The Morgan fingerprint density at radius 1 is 1.05 bits per heavy atom. The molecular weight excluding hydrogens is 250 g/mol. The van der Waals surface area contributed by atoms with E-state index in [1.807, 2.05) is 0 Å². The van der Waals surface area contributed by atoms with Gasteiger partial charge in [0.05, 0.1) is 45.7 Å². The molecule has 19 heavy (non-hydrogen) atoms. The van der Waals surface area contributed by atoms with Crippen molar-refractivity contribution in [2.45, 2.75) is 26.4 Å². The van der Waals surface area contributed by atoms with Crippen molar-refractivity contribution in [3.63, 3.8) is 0 Å². The summed E-state index contributed by atoms with van der Waals surface area (Å²) in [6.45, 7) is 7.35. The zero-order valence-electron chi connectivity index (χ0n) is 12.3. The van der Waals surface area contributed by atoms with E-state index in [2.05, 4.69) is 12.2 Å². The standard InChI is InChI=1S/C13H27NO5/c1-4-13(16-3)11-19-10-9-18-8-7-17-6-5-14-12(2)15/h13H,4-11H2,1-3H3,(H,14,15)/t13-/m0/s1. The van der Waals surface area contributed by atoms with Crippen LogP contribution in [0.25, 0.3) is 0 Å². The van der Waals surface area contributed by atoms with Crippen molar-refractivity contribution in [2.24, 2.45) is 0 Å². The number of rotatable bonds is 13. The van der Waals surface area contributed by atoms with Gasteiger partial charge in [-0.3, -0.25) is 4.79 Å². The van der Waals surface area contributed by atoms with Crippen molar-refractivity contribution in [3.05, 3.63) is 0 Å². The zero-order valence-corrected chi connectivity index (χ0v) is 12.3. The fourth-order valence-electron chi connectivity index (χ4n) is 1.31. The second kappa shape index (κ2) is 13.7. The van der Waals surface area contributed by atoms with Crippen LogP contribution in [-0.4, -0.2) is 65.3 Å². The van der Waals surface area contributed by atoms with E-state index in [-0.39, 0.29) is 12.0 Å². The lowest BCUT2D eigenvalue weighted by Gasteiger charge is -2.13. The third-order valence-electron chi connectivity index (χ3n) is 2.46. The minimum Gasteiger partial charge on any atom is -0.379 e. The minimum atomic E-state index is -0.0431. The number of hydrogen-bond acceptors (Lipinski definition) is 5. The molecule has 0 aliphatic rings. The highest BCUT2D eigenvalue weighted by Gasteiger charge is 2.03. The Hall–Kier alpha value is -0.690. The summed E-state index contributed by atoms with van der Waals surface area (Å²) in [6, 6.07) is 0. The lowest BCUT2D eigenvalue weighted by Crippen LogP contribution is -2.25. The maximum absolute atomic E-state index is 10.6. The van der Waals surface area contributed by atoms with Crippen molar-refractivity contribution >= 4 is 5.91 Å². The highest BCUT2D eigenvalue weighted by Crippen LogP contribution is 1.96. The second-order valence-electron chi connectivity index (χ2n) is 4.05. The van der Waals surface area contributed by atoms with Crippen LogP contribution < -0.4 is 5.32 Å². The quantitative estimate of drug-likeness (QED) is 0.499. The van der Waals surface area contributed by atoms with Gasteiger partial charge in [-0.25, -0.2) is 0 Å². The predicted molar refractivity (Wildman–Crippen MR) is 72.2 cm³/mol. The Morgan fingerprint density at radius 2 is 1.63 bits per heavy atom. The summed E-state index contributed by atoms with van der Waals surface area (Å²) < 4.78 is 21.2. The Bertz CT molecular complexity index is 209. The van der Waals surface area contributed by atoms with E-state index in [9.17, 15) is 4.79 Å². The molecule has 0 bridgehead atoms. The minimum absolute atomic E-state index is 0.0431. The summed E-state index contributed by atoms with van der Waals surface area (Å²) in [6.07, 6.45) is 1.11. The van der Waals surface area contributed by atoms with Crippen LogP contribution >= 0.6 is 0 Å². The van der Waals surface area contributed by atoms with Crippen LogP contribution in [0.3, 0.4) is 0 Å². The first-order valence-corrected chi connectivity index (χ1v) is 6.71. The zero-order chi connectivity index (χ0) is 14.3. The average Bonchev–Trinajstić information content (AvgIpc) is 2.40. The molecule has 0 aromatic heterocycles. The fraction of sp³-hybridized carbons (Fsp3) is 0.923. The molecule has 0 saturated heterocycles. The molecule has 0 radical (unpaired) electrons. The van der Waals surface area contributed by atoms with Crippen LogP contribution in [0.15, 0.2) is 0 Å². The molecule has 0 rings (SSSR count). The Morgan fingerprint density at radius 3 is 2.16 bits per heavy atom. The van der Waals surface area contributed by atoms with Crippen molar-refractivity contribution in [1.29, 1.82) is 0 Å². The van der Waals surface area contributed by atoms with Gasteiger partial charge in [-0.15, -0.1) is 0 Å². The van der Waals surface area contributed by atoms with Gasteiger partial charge in [0, 0.05) is 20.6 Å². The van der Waals surface area contributed by atoms with Gasteiger partial charge in [0.2, 0.25) is 5.91 Å². The van der Waals surface area contributed by atoms with Gasteiger partial charge < -0.3 is 24.3 Å². The largest absolute Gasteiger partial charge is 0.379 e. The van der Waals surface area contributed by atoms with Crippen LogP contribution in [0.1, 0.15) is 20.3 Å². The third kappa shape index (κ3) is 13.5. The number of carbonyl (C=O) groups is 1. The molecule has 0 fully saturated rings. The second-order valence-corrected chi connectivity index (χ2v) is 4.05. The van der Waals surface area contributed by atoms with Crippen molar-refractivity contribution in [3.8, 4) is 0 Å². The predicted octanol–water partition coefficient (Wildman–Crippen LogP) is 0.597. The van der Waals surface area contributed by atoms with Gasteiger partial charge in [-0.1, -0.05) is 6.92 Å². The van der Waals surface area contributed by atoms with E-state index in [0.717, 1.165) is 6.42 Å². The summed E-state index contributed by atoms with van der Waals surface area (Å²) in [5.41, 5.74) is 0. The topological polar surface area (TPSA) is 66.0 Å². The fourth-order valence-corrected chi connectivity index (χ4v) is 1.31. The van der Waals surface area contributed by atoms with E-state index in [1.165, 1.54) is 6.92 Å². The maximum atomic E-state index is 10.6. The summed E-state index contributed by atoms with van der Waals surface area (Å²) in [5.74, 6) is -0.0431. The number of methoxy groups -OCH3 is 1. The molecule has 0 aromatic carbocycles. The average molecular weight is 277 g/mol. The van der Waals surface area contributed by atoms with Crippen LogP contribution in [0.2, 0.25) is 0 Å². The van der Waals surface area contributed by atoms with Gasteiger partial charge in [0.25, 0.3) is 0 Å². The molecule has 0 saturated carbocycles. The normalized spacial score (nSPS) is 12.4. The van der Waals surface area contributed by atoms with Crippen molar-refractivity contribution in [2.75, 3.05) is 53.3 Å². The summed E-state index contributed by atoms with van der Waals surface area (Å²) in [7, 11) is 1.69. The SMILES string of the molecule is CC[C@@H](COCCOCCOCCNC(C)=O)OC. The molecule has 114 valence electrons. The molecule has 0 aliphatic carbocycles. The third-order valence-corrected chi connectivity index (χ3v) is 2.46. The summed E-state index contributed by atoms with van der Waals surface area (Å²) in [5, 5.41) is 2.65. The molecule has 1 atom stereocenters. The molecular formula is C13H27NO5. The van der Waals surface area contributed by atoms with Gasteiger partial charge in [-0.2, -0.15) is 0 Å². The van der Waals surface area contributed by atoms with E-state index < -0.39 is 0 Å². The highest BCUT2D eigenvalue weighted by molar-refractivity contribution is 5.72. The first-order chi connectivity index (χ1) is 9.20. The van der Waals surface area contributed by atoms with E-state index in [0.29, 0.717) is 46.2 Å². The van der Waals surface area contributed by atoms with Crippen molar-refractivity contribution in [1.82, 2.24) is 5.32 Å². The molecule has 1 N–H and O–H groups in total. The lowest BCUT2D eigenvalue weighted by atomic mass is 10.3. The summed E-state index contributed by atoms with van der Waals surface area (Å²) >= 11 is 0. The van der Waals surface area contributed by atoms with Crippen LogP contribution in [0.4, 0.5) is 0 Å². The molecule has 0 unspecified atom stereocenters. The van der Waals surface area contributed by atoms with E-state index >= 15 is 0 Å². The number of amides is 1. The van der Waals surface area contributed by atoms with Gasteiger partial charge in [0.1, 0.15) is 0 Å². The molecule has 1 amide bonds. The number of nitrogens with one attached hydrogen (secondary N) is 1. The van der Waals surface area contributed by atoms with E-state index in [1.54, 1.807) is 7.11 Å². The lowest BCUT2D eigenvalue weighted by molar-refractivity contribution is -0.119. The first-order valence-electron chi connectivity index (χ1n) is 6.71. The molecule has 0 aliphatic heterocycles. The van der Waals surface area contributed by atoms with Gasteiger partial charge >= 0.3 is 0 Å². The molecule has 6 nitrogen and oxygen atoms in total. The maximum Gasteiger partial charge on any atom is 0.216 e. The smallest absolute Gasteiger partial charge is 0.216 e. The summed E-state index contributed by atoms with van der Waals surface area (Å²) in [4.78, 5) is 10.6. The Balaban J connectivity index is 3.08. The Labute approximate surface area is 115 Å². The number of hydrogen-bond donors (Lipinski definition) is 1. The molecule has 0 spiro atoms. The molecule has 0 heterocycles. The van der Waals surface area contributed by atoms with Crippen LogP contribution in [0, 0.1) is 0 Å².